The SMILES string of the molecule is c1ccc(-c2ccc(N(c3ccc(-c4cccc5ccccc45)cc3)c3cccc(-c4ccc5c(c4)C(c4ccccc4)(c4ccccc4)c4ccccc4-5)c3)c3c2sc2ccccc23)cc1. The fraction of sp³-hybridized carbons (Fsp3) is 0.0154. The van der Waals surface area contributed by atoms with Gasteiger partial charge in [-0.1, -0.05) is 218 Å². The van der Waals surface area contributed by atoms with Gasteiger partial charge < -0.3 is 4.90 Å². The zero-order valence-electron chi connectivity index (χ0n) is 36.7. The third kappa shape index (κ3) is 6.29. The third-order valence-electron chi connectivity index (χ3n) is 14.0. The van der Waals surface area contributed by atoms with Gasteiger partial charge in [0.25, 0.3) is 0 Å². The summed E-state index contributed by atoms with van der Waals surface area (Å²) in [6.45, 7) is 0. The summed E-state index contributed by atoms with van der Waals surface area (Å²) in [4.78, 5) is 2.48. The van der Waals surface area contributed by atoms with E-state index in [0.717, 1.165) is 22.6 Å². The van der Waals surface area contributed by atoms with Crippen molar-refractivity contribution in [1.82, 2.24) is 0 Å². The van der Waals surface area contributed by atoms with Crippen LogP contribution in [0, 0.1) is 0 Å². The zero-order valence-corrected chi connectivity index (χ0v) is 37.5. The van der Waals surface area contributed by atoms with Gasteiger partial charge in [-0.2, -0.15) is 0 Å². The summed E-state index contributed by atoms with van der Waals surface area (Å²) in [6, 6.07) is 96.3. The fourth-order valence-corrected chi connectivity index (χ4v) is 12.2. The molecule has 0 aliphatic heterocycles. The Morgan fingerprint density at radius 3 is 1.67 bits per heavy atom. The summed E-state index contributed by atoms with van der Waals surface area (Å²) in [5.74, 6) is 0. The molecule has 2 heteroatoms. The predicted octanol–water partition coefficient (Wildman–Crippen LogP) is 18.0. The quantitative estimate of drug-likeness (QED) is 0.147. The van der Waals surface area contributed by atoms with Crippen LogP contribution in [0.3, 0.4) is 0 Å². The predicted molar refractivity (Wildman–Crippen MR) is 285 cm³/mol. The summed E-state index contributed by atoms with van der Waals surface area (Å²) in [5.41, 5.74) is 17.8. The molecule has 0 saturated heterocycles. The molecule has 1 nitrogen and oxygen atoms in total. The molecular formula is C65H43NS. The van der Waals surface area contributed by atoms with Crippen molar-refractivity contribution in [2.24, 2.45) is 0 Å². The maximum absolute atomic E-state index is 2.48. The monoisotopic (exact) mass is 869 g/mol. The number of hydrogen-bond acceptors (Lipinski definition) is 2. The second-order valence-electron chi connectivity index (χ2n) is 17.5. The van der Waals surface area contributed by atoms with Crippen LogP contribution in [-0.4, -0.2) is 0 Å². The van der Waals surface area contributed by atoms with E-state index in [1.807, 2.05) is 11.3 Å². The Bertz CT molecular complexity index is 3750. The van der Waals surface area contributed by atoms with Crippen LogP contribution in [-0.2, 0) is 5.41 Å². The highest BCUT2D eigenvalue weighted by atomic mass is 32.1. The number of hydrogen-bond donors (Lipinski definition) is 0. The van der Waals surface area contributed by atoms with E-state index in [1.165, 1.54) is 92.1 Å². The van der Waals surface area contributed by atoms with Crippen molar-refractivity contribution in [3.63, 3.8) is 0 Å². The van der Waals surface area contributed by atoms with E-state index in [2.05, 4.69) is 266 Å². The van der Waals surface area contributed by atoms with Gasteiger partial charge >= 0.3 is 0 Å². The van der Waals surface area contributed by atoms with E-state index >= 15 is 0 Å². The normalized spacial score (nSPS) is 12.6. The summed E-state index contributed by atoms with van der Waals surface area (Å²) in [5, 5.41) is 5.02. The molecule has 0 radical (unpaired) electrons. The van der Waals surface area contributed by atoms with Crippen molar-refractivity contribution in [1.29, 1.82) is 0 Å². The van der Waals surface area contributed by atoms with Gasteiger partial charge in [-0.15, -0.1) is 11.3 Å². The van der Waals surface area contributed by atoms with Crippen molar-refractivity contribution in [2.75, 3.05) is 4.90 Å². The second kappa shape index (κ2) is 16.0. The van der Waals surface area contributed by atoms with Crippen LogP contribution >= 0.6 is 11.3 Å². The fourth-order valence-electron chi connectivity index (χ4n) is 11.0. The lowest BCUT2D eigenvalue weighted by atomic mass is 9.67. The van der Waals surface area contributed by atoms with Crippen LogP contribution in [0.1, 0.15) is 22.3 Å². The van der Waals surface area contributed by atoms with Crippen molar-refractivity contribution in [3.05, 3.63) is 283 Å². The molecule has 0 bridgehead atoms. The van der Waals surface area contributed by atoms with E-state index in [-0.39, 0.29) is 0 Å². The van der Waals surface area contributed by atoms with Crippen molar-refractivity contribution >= 4 is 59.3 Å². The number of nitrogens with zero attached hydrogens (tertiary/aromatic N) is 1. The first-order chi connectivity index (χ1) is 33.2. The van der Waals surface area contributed by atoms with Crippen molar-refractivity contribution in [3.8, 4) is 44.5 Å². The molecule has 67 heavy (non-hydrogen) atoms. The Hall–Kier alpha value is -8.30. The molecule has 1 heterocycles. The molecule has 0 amide bonds. The first-order valence-corrected chi connectivity index (χ1v) is 23.9. The Kier molecular flexibility index (Phi) is 9.33. The van der Waals surface area contributed by atoms with Gasteiger partial charge in [0.15, 0.2) is 0 Å². The molecule has 11 aromatic carbocycles. The molecule has 0 atom stereocenters. The van der Waals surface area contributed by atoms with Crippen LogP contribution in [0.25, 0.3) is 75.5 Å². The topological polar surface area (TPSA) is 3.24 Å². The number of fused-ring (bicyclic) bond motifs is 7. The van der Waals surface area contributed by atoms with E-state index in [9.17, 15) is 0 Å². The standard InChI is InChI=1S/C65H43NS/c1-4-18-45(19-5-1)55-40-41-61(63-58-30-13-15-33-62(58)67-64(55)63)66(51-37-34-46(35-38-51)54-31-17-21-44-20-10-11-28-53(44)54)52-27-16-22-47(42-52)48-36-39-57-56-29-12-14-32-59(56)65(60(57)43-48,49-23-6-2-7-24-49)50-25-8-3-9-26-50/h1-43H. The lowest BCUT2D eigenvalue weighted by Crippen LogP contribution is -2.28. The van der Waals surface area contributed by atoms with Gasteiger partial charge in [-0.3, -0.25) is 0 Å². The average molecular weight is 870 g/mol. The minimum absolute atomic E-state index is 0.480. The highest BCUT2D eigenvalue weighted by Crippen LogP contribution is 2.57. The Labute approximate surface area is 395 Å². The van der Waals surface area contributed by atoms with Crippen molar-refractivity contribution < 1.29 is 0 Å². The molecule has 0 saturated carbocycles. The maximum atomic E-state index is 2.48. The van der Waals surface area contributed by atoms with E-state index in [1.54, 1.807) is 0 Å². The highest BCUT2D eigenvalue weighted by molar-refractivity contribution is 7.26. The number of thiophene rings is 1. The first-order valence-electron chi connectivity index (χ1n) is 23.1. The Balaban J connectivity index is 1.02. The molecule has 0 spiro atoms. The zero-order chi connectivity index (χ0) is 44.3. The molecule has 314 valence electrons. The van der Waals surface area contributed by atoms with E-state index < -0.39 is 5.41 Å². The molecule has 1 aliphatic carbocycles. The highest BCUT2D eigenvalue weighted by Gasteiger charge is 2.46. The summed E-state index contributed by atoms with van der Waals surface area (Å²) in [6.07, 6.45) is 0. The second-order valence-corrected chi connectivity index (χ2v) is 18.6. The molecule has 1 aliphatic rings. The third-order valence-corrected chi connectivity index (χ3v) is 15.2. The summed E-state index contributed by atoms with van der Waals surface area (Å²) in [7, 11) is 0. The van der Waals surface area contributed by atoms with Gasteiger partial charge in [0, 0.05) is 31.5 Å². The van der Waals surface area contributed by atoms with Gasteiger partial charge in [0.05, 0.1) is 11.1 Å². The Morgan fingerprint density at radius 1 is 0.328 bits per heavy atom. The molecule has 0 fully saturated rings. The number of benzene rings is 11. The molecular weight excluding hydrogens is 827 g/mol. The lowest BCUT2D eigenvalue weighted by Gasteiger charge is -2.34. The van der Waals surface area contributed by atoms with Gasteiger partial charge in [-0.25, -0.2) is 0 Å². The first kappa shape index (κ1) is 39.1. The van der Waals surface area contributed by atoms with Crippen LogP contribution in [0.2, 0.25) is 0 Å². The van der Waals surface area contributed by atoms with Crippen LogP contribution in [0.15, 0.2) is 261 Å². The lowest BCUT2D eigenvalue weighted by molar-refractivity contribution is 0.769. The minimum Gasteiger partial charge on any atom is -0.310 e. The molecule has 0 N–H and O–H groups in total. The van der Waals surface area contributed by atoms with E-state index in [4.69, 9.17) is 0 Å². The molecule has 0 unspecified atom stereocenters. The van der Waals surface area contributed by atoms with Gasteiger partial charge in [0.2, 0.25) is 0 Å². The van der Waals surface area contributed by atoms with Gasteiger partial charge in [0.1, 0.15) is 0 Å². The molecule has 13 rings (SSSR count). The van der Waals surface area contributed by atoms with Crippen molar-refractivity contribution in [2.45, 2.75) is 5.41 Å². The Morgan fingerprint density at radius 2 is 0.881 bits per heavy atom. The maximum Gasteiger partial charge on any atom is 0.0713 e. The molecule has 12 aromatic rings. The minimum atomic E-state index is -0.480. The summed E-state index contributed by atoms with van der Waals surface area (Å²) >= 11 is 1.88. The van der Waals surface area contributed by atoms with Gasteiger partial charge in [-0.05, 0) is 120 Å². The summed E-state index contributed by atoms with van der Waals surface area (Å²) < 4.78 is 2.57. The molecule has 1 aromatic heterocycles. The largest absolute Gasteiger partial charge is 0.310 e. The van der Waals surface area contributed by atoms with Crippen LogP contribution in [0.4, 0.5) is 17.1 Å². The van der Waals surface area contributed by atoms with Crippen LogP contribution < -0.4 is 4.90 Å². The number of anilines is 3. The average Bonchev–Trinajstić information content (AvgIpc) is 3.94. The number of rotatable bonds is 8. The smallest absolute Gasteiger partial charge is 0.0713 e. The van der Waals surface area contributed by atoms with Crippen LogP contribution in [0.5, 0.6) is 0 Å². The van der Waals surface area contributed by atoms with E-state index in [0.29, 0.717) is 0 Å².